The Morgan fingerprint density at radius 2 is 1.87 bits per heavy atom. The molecule has 0 saturated carbocycles. The van der Waals surface area contributed by atoms with Gasteiger partial charge in [0.2, 0.25) is 0 Å². The highest BCUT2D eigenvalue weighted by Crippen LogP contribution is 2.27. The van der Waals surface area contributed by atoms with E-state index in [1.807, 2.05) is 42.5 Å². The predicted octanol–water partition coefficient (Wildman–Crippen LogP) is 1.67. The zero-order valence-corrected chi connectivity index (χ0v) is 15.8. The number of aryl methyl sites for hydroxylation is 1. The molecule has 9 nitrogen and oxygen atoms in total. The third kappa shape index (κ3) is 3.22. The predicted molar refractivity (Wildman–Crippen MR) is 109 cm³/mol. The van der Waals surface area contributed by atoms with Gasteiger partial charge in [-0.1, -0.05) is 36.4 Å². The van der Waals surface area contributed by atoms with Gasteiger partial charge in [-0.05, 0) is 16.8 Å². The van der Waals surface area contributed by atoms with Crippen molar-refractivity contribution in [1.29, 1.82) is 0 Å². The van der Waals surface area contributed by atoms with Crippen molar-refractivity contribution in [2.75, 3.05) is 6.54 Å². The van der Waals surface area contributed by atoms with Gasteiger partial charge in [0.15, 0.2) is 5.82 Å². The molecule has 2 heterocycles. The summed E-state index contributed by atoms with van der Waals surface area (Å²) >= 11 is 0. The number of carboxylic acids is 1. The first kappa shape index (κ1) is 19.1. The summed E-state index contributed by atoms with van der Waals surface area (Å²) in [4.78, 5) is 44.2. The van der Waals surface area contributed by atoms with Crippen molar-refractivity contribution in [3.8, 4) is 17.1 Å². The molecule has 1 amide bonds. The van der Waals surface area contributed by atoms with E-state index in [9.17, 15) is 19.5 Å². The lowest BCUT2D eigenvalue weighted by Crippen LogP contribution is -2.35. The number of nitrogens with zero attached hydrogens (tertiary/aromatic N) is 3. The van der Waals surface area contributed by atoms with Crippen molar-refractivity contribution < 1.29 is 19.8 Å². The van der Waals surface area contributed by atoms with E-state index < -0.39 is 35.3 Å². The highest BCUT2D eigenvalue weighted by Gasteiger charge is 2.23. The van der Waals surface area contributed by atoms with Crippen molar-refractivity contribution in [3.63, 3.8) is 0 Å². The van der Waals surface area contributed by atoms with Crippen LogP contribution in [0.3, 0.4) is 0 Å². The van der Waals surface area contributed by atoms with Crippen LogP contribution in [-0.4, -0.2) is 43.2 Å². The number of pyridine rings is 1. The highest BCUT2D eigenvalue weighted by atomic mass is 16.4. The first-order valence-corrected chi connectivity index (χ1v) is 8.94. The monoisotopic (exact) mass is 404 g/mol. The van der Waals surface area contributed by atoms with Crippen LogP contribution in [-0.2, 0) is 11.8 Å². The van der Waals surface area contributed by atoms with Gasteiger partial charge in [0.05, 0.1) is 5.39 Å². The van der Waals surface area contributed by atoms with E-state index in [0.29, 0.717) is 5.82 Å². The number of rotatable bonds is 4. The van der Waals surface area contributed by atoms with E-state index in [1.165, 1.54) is 13.2 Å². The molecule has 0 fully saturated rings. The fourth-order valence-electron chi connectivity index (χ4n) is 3.21. The molecule has 4 aromatic rings. The van der Waals surface area contributed by atoms with Crippen molar-refractivity contribution in [2.24, 2.45) is 7.05 Å². The van der Waals surface area contributed by atoms with Crippen LogP contribution in [0.4, 0.5) is 0 Å². The molecule has 2 aromatic heterocycles. The van der Waals surface area contributed by atoms with Gasteiger partial charge in [0.1, 0.15) is 23.5 Å². The Hall–Kier alpha value is -4.27. The Balaban J connectivity index is 1.84. The van der Waals surface area contributed by atoms with Gasteiger partial charge < -0.3 is 15.5 Å². The molecule has 9 heteroatoms. The van der Waals surface area contributed by atoms with Gasteiger partial charge >= 0.3 is 5.97 Å². The summed E-state index contributed by atoms with van der Waals surface area (Å²) in [5.74, 6) is -2.51. The Bertz CT molecular complexity index is 1390. The standard InChI is InChI=1S/C21H16N4O5/c1-25-19-14(17(28)16(21(25)30)20(29)23-10-15(26)27)9-22-18(24-19)13-7-6-11-4-2-3-5-12(11)8-13/h2-9,28H,10H2,1H3,(H,23,29)(H,26,27). The van der Waals surface area contributed by atoms with Gasteiger partial charge in [-0.25, -0.2) is 9.97 Å². The Kier molecular flexibility index (Phi) is 4.63. The normalized spacial score (nSPS) is 11.0. The molecule has 30 heavy (non-hydrogen) atoms. The van der Waals surface area contributed by atoms with E-state index in [1.54, 1.807) is 0 Å². The van der Waals surface area contributed by atoms with E-state index in [-0.39, 0.29) is 11.0 Å². The van der Waals surface area contributed by atoms with Crippen LogP contribution in [0.25, 0.3) is 33.2 Å². The minimum Gasteiger partial charge on any atom is -0.506 e. The SMILES string of the molecule is Cn1c(=O)c(C(=O)NCC(=O)O)c(O)c2cnc(-c3ccc4ccccc4c3)nc21. The van der Waals surface area contributed by atoms with Crippen molar-refractivity contribution in [3.05, 3.63) is 64.6 Å². The lowest BCUT2D eigenvalue weighted by Gasteiger charge is -2.12. The van der Waals surface area contributed by atoms with Crippen molar-refractivity contribution >= 4 is 33.7 Å². The maximum Gasteiger partial charge on any atom is 0.322 e. The van der Waals surface area contributed by atoms with Crippen LogP contribution < -0.4 is 10.9 Å². The van der Waals surface area contributed by atoms with E-state index in [4.69, 9.17) is 5.11 Å². The molecule has 0 spiro atoms. The number of carbonyl (C=O) groups is 2. The largest absolute Gasteiger partial charge is 0.506 e. The quantitative estimate of drug-likeness (QED) is 0.471. The lowest BCUT2D eigenvalue weighted by atomic mass is 10.1. The third-order valence-electron chi connectivity index (χ3n) is 4.73. The topological polar surface area (TPSA) is 134 Å². The van der Waals surface area contributed by atoms with Crippen LogP contribution in [0.1, 0.15) is 10.4 Å². The van der Waals surface area contributed by atoms with Crippen LogP contribution in [0.15, 0.2) is 53.5 Å². The number of carbonyl (C=O) groups excluding carboxylic acids is 1. The van der Waals surface area contributed by atoms with Crippen molar-refractivity contribution in [1.82, 2.24) is 19.9 Å². The van der Waals surface area contributed by atoms with Gasteiger partial charge in [-0.2, -0.15) is 0 Å². The summed E-state index contributed by atoms with van der Waals surface area (Å²) in [5.41, 5.74) is -0.490. The summed E-state index contributed by atoms with van der Waals surface area (Å²) in [5, 5.41) is 23.4. The Morgan fingerprint density at radius 1 is 1.13 bits per heavy atom. The summed E-state index contributed by atoms with van der Waals surface area (Å²) in [6.45, 7) is -0.684. The summed E-state index contributed by atoms with van der Waals surface area (Å²) in [7, 11) is 1.41. The number of aromatic hydroxyl groups is 1. The number of nitrogens with one attached hydrogen (secondary N) is 1. The number of amides is 1. The molecule has 0 aliphatic rings. The molecule has 0 saturated heterocycles. The summed E-state index contributed by atoms with van der Waals surface area (Å²) in [6.07, 6.45) is 1.33. The lowest BCUT2D eigenvalue weighted by molar-refractivity contribution is -0.135. The fourth-order valence-corrected chi connectivity index (χ4v) is 3.21. The molecular weight excluding hydrogens is 388 g/mol. The maximum absolute atomic E-state index is 12.6. The summed E-state index contributed by atoms with van der Waals surface area (Å²) in [6, 6.07) is 13.5. The number of fused-ring (bicyclic) bond motifs is 2. The van der Waals surface area contributed by atoms with Crippen LogP contribution in [0.2, 0.25) is 0 Å². The second kappa shape index (κ2) is 7.28. The van der Waals surface area contributed by atoms with Crippen LogP contribution in [0.5, 0.6) is 5.75 Å². The van der Waals surface area contributed by atoms with Gasteiger partial charge in [0.25, 0.3) is 11.5 Å². The second-order valence-electron chi connectivity index (χ2n) is 6.66. The molecule has 2 aromatic carbocycles. The second-order valence-corrected chi connectivity index (χ2v) is 6.66. The highest BCUT2D eigenvalue weighted by molar-refractivity contribution is 6.02. The number of carboxylic acid groups (broad SMARTS) is 1. The number of hydrogen-bond donors (Lipinski definition) is 3. The molecule has 0 bridgehead atoms. The molecule has 0 radical (unpaired) electrons. The first-order valence-electron chi connectivity index (χ1n) is 8.94. The average molecular weight is 404 g/mol. The average Bonchev–Trinajstić information content (AvgIpc) is 2.75. The van der Waals surface area contributed by atoms with Gasteiger partial charge in [0, 0.05) is 18.8 Å². The van der Waals surface area contributed by atoms with E-state index in [0.717, 1.165) is 20.9 Å². The Labute approximate surface area is 169 Å². The van der Waals surface area contributed by atoms with E-state index in [2.05, 4.69) is 15.3 Å². The van der Waals surface area contributed by atoms with Gasteiger partial charge in [-0.3, -0.25) is 19.0 Å². The minimum atomic E-state index is -1.27. The maximum atomic E-state index is 12.6. The summed E-state index contributed by atoms with van der Waals surface area (Å²) < 4.78 is 1.12. The zero-order valence-electron chi connectivity index (χ0n) is 15.8. The van der Waals surface area contributed by atoms with Crippen LogP contribution in [0, 0.1) is 0 Å². The molecule has 150 valence electrons. The molecule has 0 unspecified atom stereocenters. The first-order chi connectivity index (χ1) is 14.4. The minimum absolute atomic E-state index is 0.0992. The molecule has 4 rings (SSSR count). The van der Waals surface area contributed by atoms with Crippen LogP contribution >= 0.6 is 0 Å². The smallest absolute Gasteiger partial charge is 0.322 e. The third-order valence-corrected chi connectivity index (χ3v) is 4.73. The molecule has 0 atom stereocenters. The number of aromatic nitrogens is 3. The molecule has 0 aliphatic heterocycles. The molecular formula is C21H16N4O5. The molecule has 3 N–H and O–H groups in total. The fraction of sp³-hybridized carbons (Fsp3) is 0.0952. The molecule has 0 aliphatic carbocycles. The van der Waals surface area contributed by atoms with Crippen molar-refractivity contribution in [2.45, 2.75) is 0 Å². The van der Waals surface area contributed by atoms with E-state index >= 15 is 0 Å². The number of aliphatic carboxylic acids is 1. The van der Waals surface area contributed by atoms with Gasteiger partial charge in [-0.15, -0.1) is 0 Å². The number of hydrogen-bond acceptors (Lipinski definition) is 6. The Morgan fingerprint density at radius 3 is 2.60 bits per heavy atom. The number of benzene rings is 2. The zero-order chi connectivity index (χ0) is 21.4.